The predicted molar refractivity (Wildman–Crippen MR) is 165 cm³/mol. The van der Waals surface area contributed by atoms with E-state index in [9.17, 15) is 0 Å². The van der Waals surface area contributed by atoms with E-state index in [2.05, 4.69) is 58.9 Å². The van der Waals surface area contributed by atoms with Gasteiger partial charge in [0.05, 0.1) is 0 Å². The largest absolute Gasteiger partial charge is 0.371 e. The Morgan fingerprint density at radius 3 is 0.882 bits per heavy atom. The van der Waals surface area contributed by atoms with Gasteiger partial charge in [0.2, 0.25) is 0 Å². The highest BCUT2D eigenvalue weighted by Crippen LogP contribution is 2.34. The SMILES string of the molecule is C[Si](C)(C)OC(CCCCCCCCCCCCCCCCC[SiH3])(O[Si](C)(C)C)O[Si](C)(C)C. The second kappa shape index (κ2) is 18.1. The molecule has 0 saturated carbocycles. The van der Waals surface area contributed by atoms with Crippen molar-refractivity contribution in [3.8, 4) is 0 Å². The summed E-state index contributed by atoms with van der Waals surface area (Å²) in [6.07, 6.45) is 21.9. The molecule has 0 aromatic heterocycles. The highest BCUT2D eigenvalue weighted by atomic mass is 28.4. The maximum Gasteiger partial charge on any atom is 0.254 e. The smallest absolute Gasteiger partial charge is 0.254 e. The number of hydrogen-bond donors (Lipinski definition) is 0. The van der Waals surface area contributed by atoms with E-state index in [4.69, 9.17) is 13.3 Å². The third-order valence-electron chi connectivity index (χ3n) is 5.72. The van der Waals surface area contributed by atoms with Crippen LogP contribution in [0.25, 0.3) is 0 Å². The van der Waals surface area contributed by atoms with E-state index in [0.717, 1.165) is 12.8 Å². The van der Waals surface area contributed by atoms with Crippen LogP contribution >= 0.6 is 0 Å². The van der Waals surface area contributed by atoms with Crippen molar-refractivity contribution in [2.75, 3.05) is 0 Å². The van der Waals surface area contributed by atoms with Crippen LogP contribution in [0, 0.1) is 0 Å². The molecule has 0 amide bonds. The van der Waals surface area contributed by atoms with E-state index in [1.807, 2.05) is 0 Å². The molecule has 0 bridgehead atoms. The van der Waals surface area contributed by atoms with Gasteiger partial charge in [-0.15, -0.1) is 0 Å². The van der Waals surface area contributed by atoms with Crippen LogP contribution < -0.4 is 0 Å². The van der Waals surface area contributed by atoms with E-state index in [1.54, 1.807) is 0 Å². The normalized spacial score (nSPS) is 13.7. The molecular weight excluding hydrogens is 485 g/mol. The van der Waals surface area contributed by atoms with E-state index in [1.165, 1.54) is 106 Å². The second-order valence-electron chi connectivity index (χ2n) is 13.4. The zero-order valence-corrected chi connectivity index (χ0v) is 30.2. The molecule has 0 N–H and O–H groups in total. The van der Waals surface area contributed by atoms with E-state index >= 15 is 0 Å². The van der Waals surface area contributed by atoms with Gasteiger partial charge in [-0.25, -0.2) is 0 Å². The highest BCUT2D eigenvalue weighted by Gasteiger charge is 2.44. The van der Waals surface area contributed by atoms with Crippen molar-refractivity contribution in [3.05, 3.63) is 0 Å². The Hall–Kier alpha value is 0.748. The Kier molecular flexibility index (Phi) is 18.5. The number of rotatable bonds is 23. The van der Waals surface area contributed by atoms with Gasteiger partial charge in [-0.05, 0) is 65.3 Å². The molecule has 0 atom stereocenters. The van der Waals surface area contributed by atoms with Gasteiger partial charge in [-0.3, -0.25) is 0 Å². The van der Waals surface area contributed by atoms with Gasteiger partial charge in [0, 0.05) is 16.7 Å². The van der Waals surface area contributed by atoms with Crippen LogP contribution in [-0.2, 0) is 13.3 Å². The highest BCUT2D eigenvalue weighted by molar-refractivity contribution is 6.72. The summed E-state index contributed by atoms with van der Waals surface area (Å²) in [5.74, 6) is -0.822. The first-order valence-corrected chi connectivity index (χ1v) is 26.4. The van der Waals surface area contributed by atoms with Gasteiger partial charge < -0.3 is 13.3 Å². The molecule has 206 valence electrons. The van der Waals surface area contributed by atoms with Crippen molar-refractivity contribution in [2.45, 2.75) is 174 Å². The minimum atomic E-state index is -1.81. The lowest BCUT2D eigenvalue weighted by Gasteiger charge is -2.45. The molecule has 0 fully saturated rings. The van der Waals surface area contributed by atoms with Gasteiger partial charge in [0.15, 0.2) is 25.0 Å². The van der Waals surface area contributed by atoms with E-state index in [0.29, 0.717) is 0 Å². The minimum absolute atomic E-state index is 0.822. The number of unbranched alkanes of at least 4 members (excludes halogenated alkanes) is 14. The average molecular weight is 549 g/mol. The zero-order chi connectivity index (χ0) is 26.1. The molecular formula is C27H64O3Si4. The maximum atomic E-state index is 6.67. The Balaban J connectivity index is 4.16. The van der Waals surface area contributed by atoms with Gasteiger partial charge in [-0.2, -0.15) is 0 Å². The lowest BCUT2D eigenvalue weighted by atomic mass is 10.0. The molecule has 0 rings (SSSR count). The molecule has 0 unspecified atom stereocenters. The summed E-state index contributed by atoms with van der Waals surface area (Å²) in [6.45, 7) is 20.2. The monoisotopic (exact) mass is 548 g/mol. The lowest BCUT2D eigenvalue weighted by molar-refractivity contribution is -0.274. The van der Waals surface area contributed by atoms with Crippen LogP contribution in [0.15, 0.2) is 0 Å². The van der Waals surface area contributed by atoms with Crippen LogP contribution in [0.1, 0.15) is 103 Å². The molecule has 7 heteroatoms. The topological polar surface area (TPSA) is 27.7 Å². The van der Waals surface area contributed by atoms with Crippen molar-refractivity contribution in [3.63, 3.8) is 0 Å². The number of hydrogen-bond acceptors (Lipinski definition) is 3. The second-order valence-corrected chi connectivity index (χ2v) is 27.7. The zero-order valence-electron chi connectivity index (χ0n) is 25.2. The van der Waals surface area contributed by atoms with Crippen molar-refractivity contribution in [2.24, 2.45) is 0 Å². The van der Waals surface area contributed by atoms with E-state index < -0.39 is 30.9 Å². The molecule has 0 saturated heterocycles. The fourth-order valence-corrected chi connectivity index (χ4v) is 8.61. The average Bonchev–Trinajstić information content (AvgIpc) is 2.63. The Morgan fingerprint density at radius 2 is 0.647 bits per heavy atom. The lowest BCUT2D eigenvalue weighted by Crippen LogP contribution is -2.55. The molecule has 0 aromatic rings. The molecule has 0 aromatic carbocycles. The summed E-state index contributed by atoms with van der Waals surface area (Å²) < 4.78 is 20.0. The first-order valence-electron chi connectivity index (χ1n) is 14.8. The van der Waals surface area contributed by atoms with Gasteiger partial charge in [0.25, 0.3) is 5.97 Å². The van der Waals surface area contributed by atoms with Crippen molar-refractivity contribution < 1.29 is 13.3 Å². The molecule has 34 heavy (non-hydrogen) atoms. The summed E-state index contributed by atoms with van der Waals surface area (Å²) in [5.41, 5.74) is 0. The summed E-state index contributed by atoms with van der Waals surface area (Å²) in [5, 5.41) is 0. The van der Waals surface area contributed by atoms with Crippen molar-refractivity contribution in [1.82, 2.24) is 0 Å². The van der Waals surface area contributed by atoms with Crippen LogP contribution in [0.3, 0.4) is 0 Å². The Morgan fingerprint density at radius 1 is 0.412 bits per heavy atom. The summed E-state index contributed by atoms with van der Waals surface area (Å²) in [4.78, 5) is 0. The van der Waals surface area contributed by atoms with Gasteiger partial charge in [-0.1, -0.05) is 95.9 Å². The third kappa shape index (κ3) is 23.2. The molecule has 3 nitrogen and oxygen atoms in total. The summed E-state index contributed by atoms with van der Waals surface area (Å²) >= 11 is 0. The summed E-state index contributed by atoms with van der Waals surface area (Å²) in [7, 11) is -4.03. The fraction of sp³-hybridized carbons (Fsp3) is 1.00. The molecule has 0 aliphatic carbocycles. The summed E-state index contributed by atoms with van der Waals surface area (Å²) in [6, 6.07) is 1.49. The van der Waals surface area contributed by atoms with Gasteiger partial charge >= 0.3 is 0 Å². The van der Waals surface area contributed by atoms with Crippen LogP contribution in [0.4, 0.5) is 0 Å². The molecule has 0 heterocycles. The minimum Gasteiger partial charge on any atom is -0.371 e. The van der Waals surface area contributed by atoms with Crippen LogP contribution in [0.2, 0.25) is 65.0 Å². The Bertz CT molecular complexity index is 441. The molecule has 0 radical (unpaired) electrons. The van der Waals surface area contributed by atoms with Crippen molar-refractivity contribution >= 4 is 35.2 Å². The quantitative estimate of drug-likeness (QED) is 0.0723. The first kappa shape index (κ1) is 34.7. The molecule has 0 spiro atoms. The third-order valence-corrected chi connectivity index (χ3v) is 9.20. The van der Waals surface area contributed by atoms with E-state index in [-0.39, 0.29) is 0 Å². The maximum absolute atomic E-state index is 6.67. The molecule has 0 aliphatic rings. The van der Waals surface area contributed by atoms with Crippen LogP contribution in [0.5, 0.6) is 0 Å². The Labute approximate surface area is 221 Å². The standard InChI is InChI=1S/C27H64O3Si4/c1-32(2,3)28-27(29-33(4,5)6,30-34(7,8)9)25-23-21-19-17-15-13-11-10-12-14-16-18-20-22-24-26-31/h10-26H2,1-9,31H3. The predicted octanol–water partition coefficient (Wildman–Crippen LogP) is 9.22. The first-order chi connectivity index (χ1) is 15.7. The fourth-order valence-electron chi connectivity index (χ4n) is 4.50. The van der Waals surface area contributed by atoms with Gasteiger partial charge in [0.1, 0.15) is 0 Å². The van der Waals surface area contributed by atoms with Crippen molar-refractivity contribution in [1.29, 1.82) is 0 Å². The molecule has 0 aliphatic heterocycles. The van der Waals surface area contributed by atoms with Crippen LogP contribution in [-0.4, -0.2) is 41.2 Å².